The first-order valence-electron chi connectivity index (χ1n) is 4.77. The summed E-state index contributed by atoms with van der Waals surface area (Å²) >= 11 is 0. The van der Waals surface area contributed by atoms with Gasteiger partial charge in [-0.05, 0) is 30.9 Å². The van der Waals surface area contributed by atoms with E-state index in [9.17, 15) is 0 Å². The maximum absolute atomic E-state index is 6.11. The summed E-state index contributed by atoms with van der Waals surface area (Å²) in [6, 6.07) is 4.34. The van der Waals surface area contributed by atoms with Gasteiger partial charge in [0.2, 0.25) is 0 Å². The smallest absolute Gasteiger partial charge is 0.0476 e. The molecule has 1 heterocycles. The summed E-state index contributed by atoms with van der Waals surface area (Å²) in [7, 11) is 0. The van der Waals surface area contributed by atoms with Crippen molar-refractivity contribution >= 4 is 0 Å². The fourth-order valence-electron chi connectivity index (χ4n) is 2.12. The van der Waals surface area contributed by atoms with Crippen LogP contribution in [0.1, 0.15) is 37.4 Å². The molecule has 12 heavy (non-hydrogen) atoms. The number of hydrogen-bond acceptors (Lipinski definition) is 1. The molecular formula is C10H16N2. The molecule has 1 aliphatic rings. The highest BCUT2D eigenvalue weighted by Gasteiger charge is 2.23. The molecule has 0 unspecified atom stereocenters. The zero-order valence-corrected chi connectivity index (χ0v) is 7.29. The number of nitrogens with one attached hydrogen (secondary N) is 1. The fraction of sp³-hybridized carbons (Fsp3) is 0.600. The molecule has 1 fully saturated rings. The van der Waals surface area contributed by atoms with Gasteiger partial charge in [0, 0.05) is 17.9 Å². The summed E-state index contributed by atoms with van der Waals surface area (Å²) in [6.45, 7) is 0. The Labute approximate surface area is 73.2 Å². The van der Waals surface area contributed by atoms with E-state index in [1.54, 1.807) is 0 Å². The minimum atomic E-state index is 0.238. The zero-order valence-electron chi connectivity index (χ0n) is 7.29. The molecule has 0 aliphatic heterocycles. The van der Waals surface area contributed by atoms with Crippen molar-refractivity contribution in [3.63, 3.8) is 0 Å². The van der Waals surface area contributed by atoms with Gasteiger partial charge in [-0.2, -0.15) is 0 Å². The topological polar surface area (TPSA) is 41.8 Å². The van der Waals surface area contributed by atoms with E-state index in [2.05, 4.69) is 11.1 Å². The number of aromatic nitrogens is 1. The lowest BCUT2D eigenvalue weighted by Gasteiger charge is -2.16. The van der Waals surface area contributed by atoms with Gasteiger partial charge in [0.25, 0.3) is 0 Å². The number of H-pyrrole nitrogens is 1. The van der Waals surface area contributed by atoms with Crippen molar-refractivity contribution in [1.82, 2.24) is 4.98 Å². The standard InChI is InChI=1S/C10H16N2/c11-10(8-4-1-2-5-8)9-6-3-7-12-9/h3,6-8,10,12H,1-2,4-5,11H2/t10-/m0/s1. The molecule has 0 bridgehead atoms. The summed E-state index contributed by atoms with van der Waals surface area (Å²) in [5.74, 6) is 0.712. The van der Waals surface area contributed by atoms with E-state index >= 15 is 0 Å². The molecule has 2 rings (SSSR count). The molecule has 1 atom stereocenters. The lowest BCUT2D eigenvalue weighted by molar-refractivity contribution is 0.438. The Kier molecular flexibility index (Phi) is 2.17. The van der Waals surface area contributed by atoms with Gasteiger partial charge in [0.1, 0.15) is 0 Å². The van der Waals surface area contributed by atoms with Gasteiger partial charge in [0.05, 0.1) is 0 Å². The molecule has 0 saturated heterocycles. The van der Waals surface area contributed by atoms with Crippen LogP contribution in [0.25, 0.3) is 0 Å². The lowest BCUT2D eigenvalue weighted by atomic mass is 9.96. The molecule has 1 saturated carbocycles. The number of aromatic amines is 1. The van der Waals surface area contributed by atoms with E-state index in [0.717, 1.165) is 0 Å². The van der Waals surface area contributed by atoms with Crippen molar-refractivity contribution < 1.29 is 0 Å². The maximum atomic E-state index is 6.11. The Morgan fingerprint density at radius 1 is 1.42 bits per heavy atom. The monoisotopic (exact) mass is 164 g/mol. The highest BCUT2D eigenvalue weighted by molar-refractivity contribution is 5.10. The van der Waals surface area contributed by atoms with Crippen LogP contribution in [0.4, 0.5) is 0 Å². The van der Waals surface area contributed by atoms with E-state index in [1.807, 2.05) is 12.3 Å². The van der Waals surface area contributed by atoms with Gasteiger partial charge >= 0.3 is 0 Å². The van der Waals surface area contributed by atoms with Crippen molar-refractivity contribution in [3.8, 4) is 0 Å². The largest absolute Gasteiger partial charge is 0.364 e. The van der Waals surface area contributed by atoms with E-state index in [-0.39, 0.29) is 6.04 Å². The van der Waals surface area contributed by atoms with Crippen LogP contribution in [0.15, 0.2) is 18.3 Å². The predicted octanol–water partition coefficient (Wildman–Crippen LogP) is 2.20. The normalized spacial score (nSPS) is 21.4. The van der Waals surface area contributed by atoms with Gasteiger partial charge in [-0.15, -0.1) is 0 Å². The molecule has 1 aliphatic carbocycles. The van der Waals surface area contributed by atoms with Crippen LogP contribution in [-0.4, -0.2) is 4.98 Å². The second-order valence-corrected chi connectivity index (χ2v) is 3.70. The Hall–Kier alpha value is -0.760. The number of rotatable bonds is 2. The third kappa shape index (κ3) is 1.39. The third-order valence-electron chi connectivity index (χ3n) is 2.89. The minimum Gasteiger partial charge on any atom is -0.364 e. The molecule has 0 spiro atoms. The van der Waals surface area contributed by atoms with Gasteiger partial charge in [0.15, 0.2) is 0 Å². The van der Waals surface area contributed by atoms with Crippen molar-refractivity contribution in [3.05, 3.63) is 24.0 Å². The van der Waals surface area contributed by atoms with Crippen LogP contribution in [0, 0.1) is 5.92 Å². The minimum absolute atomic E-state index is 0.238. The molecular weight excluding hydrogens is 148 g/mol. The molecule has 1 aromatic rings. The summed E-state index contributed by atoms with van der Waals surface area (Å²) in [5, 5.41) is 0. The first kappa shape index (κ1) is 7.87. The summed E-state index contributed by atoms with van der Waals surface area (Å²) in [4.78, 5) is 3.19. The highest BCUT2D eigenvalue weighted by Crippen LogP contribution is 2.33. The molecule has 0 amide bonds. The van der Waals surface area contributed by atoms with E-state index in [4.69, 9.17) is 5.73 Å². The van der Waals surface area contributed by atoms with E-state index in [0.29, 0.717) is 5.92 Å². The molecule has 2 nitrogen and oxygen atoms in total. The van der Waals surface area contributed by atoms with Gasteiger partial charge in [-0.1, -0.05) is 12.8 Å². The summed E-state index contributed by atoms with van der Waals surface area (Å²) in [6.07, 6.45) is 7.28. The SMILES string of the molecule is N[C@H](c1ccc[nH]1)C1CCCC1. The van der Waals surface area contributed by atoms with Crippen molar-refractivity contribution in [1.29, 1.82) is 0 Å². The first-order valence-corrected chi connectivity index (χ1v) is 4.77. The quantitative estimate of drug-likeness (QED) is 0.691. The molecule has 0 radical (unpaired) electrons. The Morgan fingerprint density at radius 2 is 2.17 bits per heavy atom. The van der Waals surface area contributed by atoms with Crippen LogP contribution in [0.2, 0.25) is 0 Å². The maximum Gasteiger partial charge on any atom is 0.0476 e. The van der Waals surface area contributed by atoms with Crippen LogP contribution in [-0.2, 0) is 0 Å². The van der Waals surface area contributed by atoms with Crippen LogP contribution in [0.5, 0.6) is 0 Å². The average Bonchev–Trinajstić information content (AvgIpc) is 2.77. The second-order valence-electron chi connectivity index (χ2n) is 3.70. The third-order valence-corrected chi connectivity index (χ3v) is 2.89. The lowest BCUT2D eigenvalue weighted by Crippen LogP contribution is -2.19. The number of nitrogens with two attached hydrogens (primary N) is 1. The van der Waals surface area contributed by atoms with Crippen LogP contribution >= 0.6 is 0 Å². The highest BCUT2D eigenvalue weighted by atomic mass is 14.8. The van der Waals surface area contributed by atoms with Crippen LogP contribution in [0.3, 0.4) is 0 Å². The fourth-order valence-corrected chi connectivity index (χ4v) is 2.12. The van der Waals surface area contributed by atoms with Gasteiger partial charge in [-0.3, -0.25) is 0 Å². The van der Waals surface area contributed by atoms with Crippen LogP contribution < -0.4 is 5.73 Å². The molecule has 0 aromatic carbocycles. The van der Waals surface area contributed by atoms with Gasteiger partial charge < -0.3 is 10.7 Å². The Balaban J connectivity index is 2.04. The Morgan fingerprint density at radius 3 is 2.75 bits per heavy atom. The summed E-state index contributed by atoms with van der Waals surface area (Å²) < 4.78 is 0. The molecule has 1 aromatic heterocycles. The predicted molar refractivity (Wildman–Crippen MR) is 49.7 cm³/mol. The zero-order chi connectivity index (χ0) is 8.39. The molecule has 3 N–H and O–H groups in total. The Bertz CT molecular complexity index is 222. The second kappa shape index (κ2) is 3.31. The summed E-state index contributed by atoms with van der Waals surface area (Å²) in [5.41, 5.74) is 7.31. The van der Waals surface area contributed by atoms with Crippen molar-refractivity contribution in [2.45, 2.75) is 31.7 Å². The van der Waals surface area contributed by atoms with Crippen molar-refractivity contribution in [2.24, 2.45) is 11.7 Å². The molecule has 2 heteroatoms. The van der Waals surface area contributed by atoms with Gasteiger partial charge in [-0.25, -0.2) is 0 Å². The average molecular weight is 164 g/mol. The molecule has 66 valence electrons. The first-order chi connectivity index (χ1) is 5.88. The van der Waals surface area contributed by atoms with Crippen molar-refractivity contribution in [2.75, 3.05) is 0 Å². The van der Waals surface area contributed by atoms with E-state index in [1.165, 1.54) is 31.4 Å². The number of hydrogen-bond donors (Lipinski definition) is 2. The van der Waals surface area contributed by atoms with E-state index < -0.39 is 0 Å².